The summed E-state index contributed by atoms with van der Waals surface area (Å²) in [6.07, 6.45) is 9.80. The van der Waals surface area contributed by atoms with Gasteiger partial charge in [0.05, 0.1) is 12.9 Å². The Morgan fingerprint density at radius 1 is 1.17 bits per heavy atom. The number of aryl methyl sites for hydroxylation is 1. The molecule has 1 saturated carbocycles. The molecule has 2 aliphatic carbocycles. The molecule has 0 N–H and O–H groups in total. The van der Waals surface area contributed by atoms with Gasteiger partial charge in [-0.15, -0.1) is 21.5 Å². The molecular weight excluding hydrogens is 408 g/mol. The van der Waals surface area contributed by atoms with E-state index in [1.165, 1.54) is 43.0 Å². The number of rotatable bonds is 4. The molecule has 3 aromatic heterocycles. The molecule has 0 bridgehead atoms. The van der Waals surface area contributed by atoms with Crippen LogP contribution in [0.3, 0.4) is 0 Å². The summed E-state index contributed by atoms with van der Waals surface area (Å²) in [5.74, 6) is 0.607. The Morgan fingerprint density at radius 2 is 1.97 bits per heavy atom. The number of ether oxygens (including phenoxy) is 1. The molecule has 0 spiro atoms. The van der Waals surface area contributed by atoms with Gasteiger partial charge in [0.2, 0.25) is 11.2 Å². The zero-order valence-electron chi connectivity index (χ0n) is 16.5. The van der Waals surface area contributed by atoms with Crippen molar-refractivity contribution >= 4 is 45.2 Å². The van der Waals surface area contributed by atoms with Crippen LogP contribution in [-0.4, -0.2) is 38.0 Å². The average molecular weight is 433 g/mol. The average Bonchev–Trinajstić information content (AvgIpc) is 3.31. The van der Waals surface area contributed by atoms with Crippen LogP contribution in [0.4, 0.5) is 0 Å². The van der Waals surface area contributed by atoms with Crippen LogP contribution in [0.5, 0.6) is 0 Å². The summed E-state index contributed by atoms with van der Waals surface area (Å²) < 4.78 is 8.93. The number of carbonyl (C=O) groups excluding carboxylic acids is 1. The minimum atomic E-state index is -0.298. The molecule has 0 aliphatic heterocycles. The van der Waals surface area contributed by atoms with Crippen LogP contribution in [0.1, 0.15) is 61.4 Å². The molecule has 0 saturated heterocycles. The zero-order valence-corrected chi connectivity index (χ0v) is 18.1. The number of hydrogen-bond donors (Lipinski definition) is 0. The molecule has 3 heterocycles. The van der Waals surface area contributed by atoms with E-state index in [4.69, 9.17) is 4.74 Å². The maximum absolute atomic E-state index is 13.6. The first-order valence-corrected chi connectivity index (χ1v) is 12.1. The van der Waals surface area contributed by atoms with E-state index in [1.54, 1.807) is 11.3 Å². The van der Waals surface area contributed by atoms with Crippen LogP contribution >= 0.6 is 23.1 Å². The number of carbonyl (C=O) groups is 1. The molecule has 0 amide bonds. The van der Waals surface area contributed by atoms with Crippen LogP contribution in [0.2, 0.25) is 0 Å². The van der Waals surface area contributed by atoms with Crippen molar-refractivity contribution < 1.29 is 9.53 Å². The number of fused-ring (bicyclic) bond motifs is 4. The van der Waals surface area contributed by atoms with Crippen LogP contribution < -0.4 is 5.43 Å². The van der Waals surface area contributed by atoms with Crippen molar-refractivity contribution in [1.82, 2.24) is 19.2 Å². The standard InChI is InChI=1S/C20H24N4O3S2/c1-27-15(25)11-28-20-22-21-19-23(12-7-3-2-4-8-12)16-17(26)13-9-5-6-10-14(13)29-18(16)24(19)20/h12H,2-11H2,1H3. The monoisotopic (exact) mass is 432 g/mol. The van der Waals surface area contributed by atoms with E-state index >= 15 is 0 Å². The van der Waals surface area contributed by atoms with Gasteiger partial charge in [-0.1, -0.05) is 31.0 Å². The molecule has 0 aromatic carbocycles. The predicted octanol–water partition coefficient (Wildman–Crippen LogP) is 3.75. The van der Waals surface area contributed by atoms with Crippen molar-refractivity contribution in [2.45, 2.75) is 69.0 Å². The highest BCUT2D eigenvalue weighted by atomic mass is 32.2. The Kier molecular flexibility index (Phi) is 5.11. The lowest BCUT2D eigenvalue weighted by atomic mass is 9.95. The molecule has 1 fully saturated rings. The number of esters is 1. The summed E-state index contributed by atoms with van der Waals surface area (Å²) in [5, 5.41) is 9.48. The molecule has 0 unspecified atom stereocenters. The Balaban J connectivity index is 1.75. The Bertz CT molecular complexity index is 1140. The second-order valence-corrected chi connectivity index (χ2v) is 9.86. The van der Waals surface area contributed by atoms with E-state index in [0.717, 1.165) is 60.2 Å². The highest BCUT2D eigenvalue weighted by Gasteiger charge is 2.29. The number of nitrogens with zero attached hydrogens (tertiary/aromatic N) is 4. The van der Waals surface area contributed by atoms with Gasteiger partial charge in [-0.2, -0.15) is 0 Å². The molecule has 3 aromatic rings. The predicted molar refractivity (Wildman–Crippen MR) is 114 cm³/mol. The molecular formula is C20H24N4O3S2. The minimum absolute atomic E-state index is 0.174. The van der Waals surface area contributed by atoms with Gasteiger partial charge in [-0.05, 0) is 38.5 Å². The largest absolute Gasteiger partial charge is 0.468 e. The van der Waals surface area contributed by atoms with E-state index in [1.807, 2.05) is 4.40 Å². The normalized spacial score (nSPS) is 17.7. The summed E-state index contributed by atoms with van der Waals surface area (Å²) in [7, 11) is 1.38. The fourth-order valence-corrected chi connectivity index (χ4v) is 6.82. The minimum Gasteiger partial charge on any atom is -0.468 e. The van der Waals surface area contributed by atoms with Gasteiger partial charge in [0.1, 0.15) is 10.3 Å². The first-order chi connectivity index (χ1) is 14.2. The van der Waals surface area contributed by atoms with Gasteiger partial charge in [0.25, 0.3) is 0 Å². The Hall–Kier alpha value is -1.87. The highest BCUT2D eigenvalue weighted by molar-refractivity contribution is 7.99. The van der Waals surface area contributed by atoms with E-state index in [2.05, 4.69) is 14.8 Å². The summed E-state index contributed by atoms with van der Waals surface area (Å²) in [6, 6.07) is 0.285. The molecule has 2 aliphatic rings. The SMILES string of the molecule is COC(=O)CSc1nnc2n(C3CCCCC3)c3c(=O)c4c(sc3n12)CCCC4. The molecule has 5 rings (SSSR count). The van der Waals surface area contributed by atoms with Gasteiger partial charge in [0.15, 0.2) is 5.16 Å². The first-order valence-electron chi connectivity index (χ1n) is 10.3. The third-order valence-corrected chi connectivity index (χ3v) is 8.26. The number of thioether (sulfide) groups is 1. The molecule has 0 atom stereocenters. The molecule has 9 heteroatoms. The maximum atomic E-state index is 13.6. The summed E-state index contributed by atoms with van der Waals surface area (Å²) in [5.41, 5.74) is 1.96. The highest BCUT2D eigenvalue weighted by Crippen LogP contribution is 2.37. The number of aromatic nitrogens is 4. The number of hydrogen-bond acceptors (Lipinski definition) is 7. The van der Waals surface area contributed by atoms with E-state index in [-0.39, 0.29) is 23.2 Å². The third kappa shape index (κ3) is 3.18. The van der Waals surface area contributed by atoms with Crippen LogP contribution in [-0.2, 0) is 22.4 Å². The molecule has 0 radical (unpaired) electrons. The van der Waals surface area contributed by atoms with Crippen molar-refractivity contribution in [3.8, 4) is 0 Å². The van der Waals surface area contributed by atoms with E-state index in [0.29, 0.717) is 5.16 Å². The van der Waals surface area contributed by atoms with Gasteiger partial charge in [-0.25, -0.2) is 4.40 Å². The van der Waals surface area contributed by atoms with Gasteiger partial charge in [0, 0.05) is 16.5 Å². The van der Waals surface area contributed by atoms with Crippen molar-refractivity contribution in [2.24, 2.45) is 0 Å². The second-order valence-electron chi connectivity index (χ2n) is 7.84. The van der Waals surface area contributed by atoms with Crippen LogP contribution in [0.25, 0.3) is 16.1 Å². The van der Waals surface area contributed by atoms with Crippen LogP contribution in [0, 0.1) is 0 Å². The third-order valence-electron chi connectivity index (χ3n) is 6.09. The number of imidazole rings is 1. The molecule has 7 nitrogen and oxygen atoms in total. The van der Waals surface area contributed by atoms with Crippen molar-refractivity contribution in [2.75, 3.05) is 12.9 Å². The Labute approximate surface area is 176 Å². The summed E-state index contributed by atoms with van der Waals surface area (Å²) in [4.78, 5) is 27.4. The lowest BCUT2D eigenvalue weighted by molar-refractivity contribution is -0.137. The maximum Gasteiger partial charge on any atom is 0.316 e. The topological polar surface area (TPSA) is 78.5 Å². The molecule has 29 heavy (non-hydrogen) atoms. The van der Waals surface area contributed by atoms with Gasteiger partial charge >= 0.3 is 5.97 Å². The quantitative estimate of drug-likeness (QED) is 0.461. The van der Waals surface area contributed by atoms with Gasteiger partial charge < -0.3 is 9.30 Å². The summed E-state index contributed by atoms with van der Waals surface area (Å²) >= 11 is 3.02. The first kappa shape index (κ1) is 19.1. The fourth-order valence-electron chi connectivity index (χ4n) is 4.66. The van der Waals surface area contributed by atoms with Crippen LogP contribution in [0.15, 0.2) is 9.95 Å². The Morgan fingerprint density at radius 3 is 2.76 bits per heavy atom. The second kappa shape index (κ2) is 7.75. The zero-order chi connectivity index (χ0) is 20.0. The lowest BCUT2D eigenvalue weighted by Gasteiger charge is -2.24. The van der Waals surface area contributed by atoms with Crippen molar-refractivity contribution in [3.63, 3.8) is 0 Å². The number of methoxy groups -OCH3 is 1. The van der Waals surface area contributed by atoms with Gasteiger partial charge in [-0.3, -0.25) is 9.59 Å². The van der Waals surface area contributed by atoms with Crippen molar-refractivity contribution in [3.05, 3.63) is 20.7 Å². The smallest absolute Gasteiger partial charge is 0.316 e. The lowest BCUT2D eigenvalue weighted by Crippen LogP contribution is -2.20. The van der Waals surface area contributed by atoms with E-state index in [9.17, 15) is 9.59 Å². The van der Waals surface area contributed by atoms with Crippen molar-refractivity contribution in [1.29, 1.82) is 0 Å². The van der Waals surface area contributed by atoms with E-state index < -0.39 is 0 Å². The fraction of sp³-hybridized carbons (Fsp3) is 0.600. The molecule has 154 valence electrons. The summed E-state index contributed by atoms with van der Waals surface area (Å²) in [6.45, 7) is 0.